The van der Waals surface area contributed by atoms with E-state index in [1.54, 1.807) is 18.0 Å². The lowest BCUT2D eigenvalue weighted by atomic mass is 10.0. The number of likely N-dealkylation sites (N-methyl/N-ethyl adjacent to an activating group) is 1. The summed E-state index contributed by atoms with van der Waals surface area (Å²) in [5.41, 5.74) is 1.30. The highest BCUT2D eigenvalue weighted by Crippen LogP contribution is 2.34. The van der Waals surface area contributed by atoms with Gasteiger partial charge in [0, 0.05) is 46.8 Å². The standard InChI is InChI=1S/C25H35N3O6S/c1-26(2)35(31,32)24-15-23(34-5)22(33-4)13-19(24)14-25(30)27(3)21(18-9-7-6-8-10-18)17-28-12-11-20(29)16-28/h6-10,13,15,20-21,29H,11-12,14,16-17H2,1-5H3/t20?,21-/m1/s1. The molecule has 9 nitrogen and oxygen atoms in total. The van der Waals surface area contributed by atoms with Crippen molar-refractivity contribution >= 4 is 15.9 Å². The lowest BCUT2D eigenvalue weighted by Gasteiger charge is -2.32. The van der Waals surface area contributed by atoms with Gasteiger partial charge in [0.1, 0.15) is 0 Å². The Bertz CT molecular complexity index is 1120. The number of amides is 1. The molecule has 1 aliphatic heterocycles. The van der Waals surface area contributed by atoms with Crippen LogP contribution in [0.3, 0.4) is 0 Å². The number of rotatable bonds is 10. The normalized spacial score (nSPS) is 17.4. The minimum Gasteiger partial charge on any atom is -0.493 e. The van der Waals surface area contributed by atoms with Crippen LogP contribution in [0.4, 0.5) is 0 Å². The molecule has 0 aliphatic carbocycles. The maximum absolute atomic E-state index is 13.5. The van der Waals surface area contributed by atoms with E-state index in [9.17, 15) is 18.3 Å². The second-order valence-electron chi connectivity index (χ2n) is 8.91. The maximum Gasteiger partial charge on any atom is 0.242 e. The van der Waals surface area contributed by atoms with Crippen LogP contribution < -0.4 is 9.47 Å². The van der Waals surface area contributed by atoms with Gasteiger partial charge in [-0.15, -0.1) is 0 Å². The zero-order chi connectivity index (χ0) is 25.8. The van der Waals surface area contributed by atoms with Crippen LogP contribution >= 0.6 is 0 Å². The van der Waals surface area contributed by atoms with Crippen molar-refractivity contribution in [2.24, 2.45) is 0 Å². The lowest BCUT2D eigenvalue weighted by Crippen LogP contribution is -2.39. The summed E-state index contributed by atoms with van der Waals surface area (Å²) in [5, 5.41) is 9.96. The molecule has 1 saturated heterocycles. The number of nitrogens with zero attached hydrogens (tertiary/aromatic N) is 3. The van der Waals surface area contributed by atoms with Gasteiger partial charge in [0.2, 0.25) is 15.9 Å². The molecule has 2 aromatic rings. The van der Waals surface area contributed by atoms with E-state index < -0.39 is 10.0 Å². The summed E-state index contributed by atoms with van der Waals surface area (Å²) in [4.78, 5) is 17.3. The first-order chi connectivity index (χ1) is 16.6. The first-order valence-electron chi connectivity index (χ1n) is 11.5. The van der Waals surface area contributed by atoms with E-state index >= 15 is 0 Å². The number of hydrogen-bond donors (Lipinski definition) is 1. The monoisotopic (exact) mass is 505 g/mol. The van der Waals surface area contributed by atoms with Crippen molar-refractivity contribution in [2.45, 2.75) is 29.9 Å². The molecular weight excluding hydrogens is 470 g/mol. The Hall–Kier alpha value is -2.66. The van der Waals surface area contributed by atoms with Crippen LogP contribution in [-0.4, -0.2) is 94.6 Å². The minimum atomic E-state index is -3.84. The molecule has 0 saturated carbocycles. The van der Waals surface area contributed by atoms with E-state index in [-0.39, 0.29) is 35.1 Å². The second kappa shape index (κ2) is 11.4. The van der Waals surface area contributed by atoms with Gasteiger partial charge in [0.15, 0.2) is 11.5 Å². The summed E-state index contributed by atoms with van der Waals surface area (Å²) < 4.78 is 37.9. The molecule has 1 N–H and O–H groups in total. The lowest BCUT2D eigenvalue weighted by molar-refractivity contribution is -0.131. The molecule has 2 aromatic carbocycles. The van der Waals surface area contributed by atoms with Crippen molar-refractivity contribution in [3.63, 3.8) is 0 Å². The van der Waals surface area contributed by atoms with Gasteiger partial charge in [-0.2, -0.15) is 0 Å². The van der Waals surface area contributed by atoms with E-state index in [0.29, 0.717) is 30.8 Å². The third-order valence-corrected chi connectivity index (χ3v) is 8.29. The maximum atomic E-state index is 13.5. The number of likely N-dealkylation sites (tertiary alicyclic amines) is 1. The number of benzene rings is 2. The summed E-state index contributed by atoms with van der Waals surface area (Å²) in [6.07, 6.45) is 0.208. The van der Waals surface area contributed by atoms with Crippen molar-refractivity contribution in [2.75, 3.05) is 55.0 Å². The molecule has 0 radical (unpaired) electrons. The summed E-state index contributed by atoms with van der Waals surface area (Å²) in [6.45, 7) is 1.89. The number of carbonyl (C=O) groups is 1. The molecular formula is C25H35N3O6S. The van der Waals surface area contributed by atoms with Gasteiger partial charge in [-0.3, -0.25) is 9.69 Å². The first-order valence-corrected chi connectivity index (χ1v) is 12.9. The fourth-order valence-electron chi connectivity index (χ4n) is 4.29. The Balaban J connectivity index is 1.95. The number of sulfonamides is 1. The average molecular weight is 506 g/mol. The minimum absolute atomic E-state index is 0.000765. The van der Waals surface area contributed by atoms with Gasteiger partial charge in [-0.1, -0.05) is 30.3 Å². The SMILES string of the molecule is COc1cc(CC(=O)N(C)[C@H](CN2CCC(O)C2)c2ccccc2)c(S(=O)(=O)N(C)C)cc1OC. The number of hydrogen-bond acceptors (Lipinski definition) is 7. The molecule has 1 heterocycles. The van der Waals surface area contributed by atoms with E-state index in [0.717, 1.165) is 16.4 Å². The molecule has 0 spiro atoms. The van der Waals surface area contributed by atoms with Crippen LogP contribution in [0.15, 0.2) is 47.4 Å². The second-order valence-corrected chi connectivity index (χ2v) is 11.0. The molecule has 3 rings (SSSR count). The molecule has 0 bridgehead atoms. The molecule has 35 heavy (non-hydrogen) atoms. The predicted octanol–water partition coefficient (Wildman–Crippen LogP) is 1.76. The highest BCUT2D eigenvalue weighted by atomic mass is 32.2. The van der Waals surface area contributed by atoms with Gasteiger partial charge in [0.05, 0.1) is 37.7 Å². The fourth-order valence-corrected chi connectivity index (χ4v) is 5.40. The van der Waals surface area contributed by atoms with Gasteiger partial charge in [-0.25, -0.2) is 12.7 Å². The number of methoxy groups -OCH3 is 2. The Morgan fingerprint density at radius 3 is 2.29 bits per heavy atom. The molecule has 192 valence electrons. The van der Waals surface area contributed by atoms with Crippen LogP contribution in [-0.2, 0) is 21.2 Å². The van der Waals surface area contributed by atoms with Crippen molar-refractivity contribution in [1.82, 2.24) is 14.1 Å². The van der Waals surface area contributed by atoms with Crippen molar-refractivity contribution in [3.8, 4) is 11.5 Å². The van der Waals surface area contributed by atoms with Crippen LogP contribution in [0.1, 0.15) is 23.6 Å². The topological polar surface area (TPSA) is 99.6 Å². The molecule has 2 atom stereocenters. The van der Waals surface area contributed by atoms with E-state index in [2.05, 4.69) is 4.90 Å². The zero-order valence-electron chi connectivity index (χ0n) is 21.0. The Morgan fingerprint density at radius 1 is 1.11 bits per heavy atom. The van der Waals surface area contributed by atoms with Crippen LogP contribution in [0.2, 0.25) is 0 Å². The van der Waals surface area contributed by atoms with Gasteiger partial charge < -0.3 is 19.5 Å². The highest BCUT2D eigenvalue weighted by Gasteiger charge is 2.30. The summed E-state index contributed by atoms with van der Waals surface area (Å²) in [6, 6.07) is 12.4. The predicted molar refractivity (Wildman–Crippen MR) is 133 cm³/mol. The molecule has 0 aromatic heterocycles. The largest absolute Gasteiger partial charge is 0.493 e. The van der Waals surface area contributed by atoms with Gasteiger partial charge in [0.25, 0.3) is 0 Å². The van der Waals surface area contributed by atoms with E-state index in [1.165, 1.54) is 34.4 Å². The summed E-state index contributed by atoms with van der Waals surface area (Å²) in [7, 11) is 3.67. The quantitative estimate of drug-likeness (QED) is 0.525. The number of β-amino-alcohol motifs (C(OH)–C–C–N with tert-alkyl or cyclic N) is 1. The molecule has 1 fully saturated rings. The van der Waals surface area contributed by atoms with Crippen LogP contribution in [0.25, 0.3) is 0 Å². The number of aliphatic hydroxyl groups excluding tert-OH is 1. The molecule has 10 heteroatoms. The smallest absolute Gasteiger partial charge is 0.242 e. The zero-order valence-corrected chi connectivity index (χ0v) is 21.8. The first kappa shape index (κ1) is 26.9. The van der Waals surface area contributed by atoms with Gasteiger partial charge in [-0.05, 0) is 23.6 Å². The van der Waals surface area contributed by atoms with E-state index in [4.69, 9.17) is 9.47 Å². The molecule has 1 aliphatic rings. The summed E-state index contributed by atoms with van der Waals surface area (Å²) >= 11 is 0. The average Bonchev–Trinajstić information content (AvgIpc) is 3.26. The van der Waals surface area contributed by atoms with E-state index in [1.807, 2.05) is 30.3 Å². The highest BCUT2D eigenvalue weighted by molar-refractivity contribution is 7.89. The third-order valence-electron chi connectivity index (χ3n) is 6.39. The van der Waals surface area contributed by atoms with Crippen molar-refractivity contribution < 1.29 is 27.8 Å². The Labute approximate surface area is 207 Å². The number of aliphatic hydroxyl groups is 1. The molecule has 1 amide bonds. The number of carbonyl (C=O) groups excluding carboxylic acids is 1. The third kappa shape index (κ3) is 6.13. The fraction of sp³-hybridized carbons (Fsp3) is 0.480. The van der Waals surface area contributed by atoms with Crippen molar-refractivity contribution in [3.05, 3.63) is 53.6 Å². The van der Waals surface area contributed by atoms with Crippen LogP contribution in [0.5, 0.6) is 11.5 Å². The molecule has 1 unspecified atom stereocenters. The van der Waals surface area contributed by atoms with Crippen LogP contribution in [0, 0.1) is 0 Å². The van der Waals surface area contributed by atoms with Crippen molar-refractivity contribution in [1.29, 1.82) is 0 Å². The number of ether oxygens (including phenoxy) is 2. The Morgan fingerprint density at radius 2 is 1.74 bits per heavy atom. The summed E-state index contributed by atoms with van der Waals surface area (Å²) in [5.74, 6) is 0.384. The Kier molecular flexibility index (Phi) is 8.76. The van der Waals surface area contributed by atoms with Gasteiger partial charge >= 0.3 is 0 Å².